The lowest BCUT2D eigenvalue weighted by Crippen LogP contribution is -2.32. The molecule has 0 amide bonds. The molecule has 0 aromatic carbocycles. The predicted molar refractivity (Wildman–Crippen MR) is 95.5 cm³/mol. The topological polar surface area (TPSA) is 157 Å². The van der Waals surface area contributed by atoms with Crippen LogP contribution in [-0.2, 0) is 18.4 Å². The molecule has 0 bridgehead atoms. The molecule has 1 fully saturated rings. The van der Waals surface area contributed by atoms with Crippen LogP contribution in [0.1, 0.15) is 11.9 Å². The first-order chi connectivity index (χ1) is 13.0. The van der Waals surface area contributed by atoms with E-state index in [1.807, 2.05) is 0 Å². The summed E-state index contributed by atoms with van der Waals surface area (Å²) in [6.07, 6.45) is 0.641. The maximum absolute atomic E-state index is 10.5. The number of imidazole rings is 2. The van der Waals surface area contributed by atoms with E-state index in [2.05, 4.69) is 19.9 Å². The van der Waals surface area contributed by atoms with Gasteiger partial charge in [0.05, 0.1) is 30.9 Å². The van der Waals surface area contributed by atoms with Crippen molar-refractivity contribution in [1.29, 1.82) is 0 Å². The van der Waals surface area contributed by atoms with Gasteiger partial charge in [-0.05, 0) is 0 Å². The van der Waals surface area contributed by atoms with Gasteiger partial charge in [-0.3, -0.25) is 4.57 Å². The van der Waals surface area contributed by atoms with Gasteiger partial charge in [-0.25, -0.2) is 19.9 Å². The summed E-state index contributed by atoms with van der Waals surface area (Å²) in [5.74, 6) is 0.599. The number of aromatic nitrogens is 6. The second kappa shape index (κ2) is 7.05. The summed E-state index contributed by atoms with van der Waals surface area (Å²) >= 11 is 1.37. The minimum atomic E-state index is -1.15. The van der Waals surface area contributed by atoms with Crippen LogP contribution in [0.3, 0.4) is 0 Å². The Hall–Kier alpha value is -2.25. The van der Waals surface area contributed by atoms with Crippen LogP contribution in [0.5, 0.6) is 0 Å². The van der Waals surface area contributed by atoms with E-state index in [1.165, 1.54) is 29.0 Å². The van der Waals surface area contributed by atoms with Gasteiger partial charge in [0.2, 0.25) is 0 Å². The second-order valence-electron chi connectivity index (χ2n) is 6.19. The third kappa shape index (κ3) is 3.04. The van der Waals surface area contributed by atoms with Gasteiger partial charge < -0.3 is 30.4 Å². The molecule has 1 aliphatic rings. The minimum absolute atomic E-state index is 0.105. The first kappa shape index (κ1) is 18.1. The van der Waals surface area contributed by atoms with Crippen molar-refractivity contribution in [2.24, 2.45) is 7.05 Å². The average molecular weight is 393 g/mol. The molecule has 5 N–H and O–H groups in total. The summed E-state index contributed by atoms with van der Waals surface area (Å²) in [4.78, 5) is 16.4. The number of nitrogens with two attached hydrogens (primary N) is 1. The highest BCUT2D eigenvalue weighted by molar-refractivity contribution is 7.99. The summed E-state index contributed by atoms with van der Waals surface area (Å²) in [7, 11) is 1.80. The Morgan fingerprint density at radius 2 is 2.04 bits per heavy atom. The van der Waals surface area contributed by atoms with E-state index in [-0.39, 0.29) is 12.4 Å². The van der Waals surface area contributed by atoms with E-state index >= 15 is 0 Å². The maximum atomic E-state index is 10.5. The Morgan fingerprint density at radius 1 is 1.22 bits per heavy atom. The van der Waals surface area contributed by atoms with E-state index < -0.39 is 24.5 Å². The second-order valence-corrected chi connectivity index (χ2v) is 7.18. The lowest BCUT2D eigenvalue weighted by Gasteiger charge is -2.16. The number of hydrogen-bond acceptors (Lipinski definition) is 10. The number of anilines is 1. The van der Waals surface area contributed by atoms with E-state index in [0.29, 0.717) is 27.8 Å². The molecule has 4 rings (SSSR count). The largest absolute Gasteiger partial charge is 0.390 e. The Bertz CT molecular complexity index is 961. The van der Waals surface area contributed by atoms with Gasteiger partial charge in [-0.2, -0.15) is 0 Å². The van der Waals surface area contributed by atoms with Crippen molar-refractivity contribution < 1.29 is 20.1 Å². The third-order valence-corrected chi connectivity index (χ3v) is 5.71. The fourth-order valence-electron chi connectivity index (χ4n) is 3.02. The number of thioether (sulfide) groups is 1. The highest BCUT2D eigenvalue weighted by atomic mass is 32.2. The quantitative estimate of drug-likeness (QED) is 0.398. The highest BCUT2D eigenvalue weighted by Crippen LogP contribution is 2.34. The van der Waals surface area contributed by atoms with Crippen LogP contribution in [0, 0.1) is 0 Å². The van der Waals surface area contributed by atoms with E-state index in [1.54, 1.807) is 17.8 Å². The van der Waals surface area contributed by atoms with Crippen molar-refractivity contribution in [2.45, 2.75) is 36.3 Å². The van der Waals surface area contributed by atoms with Gasteiger partial charge in [0, 0.05) is 12.8 Å². The van der Waals surface area contributed by atoms with Crippen LogP contribution in [0.25, 0.3) is 11.2 Å². The van der Waals surface area contributed by atoms with Gasteiger partial charge in [0.25, 0.3) is 0 Å². The molecular weight excluding hydrogens is 374 g/mol. The number of aliphatic hydroxyl groups excluding tert-OH is 3. The van der Waals surface area contributed by atoms with Crippen LogP contribution in [0.4, 0.5) is 5.82 Å². The van der Waals surface area contributed by atoms with E-state index in [0.717, 1.165) is 0 Å². The fraction of sp³-hybridized carbons (Fsp3) is 0.467. The Morgan fingerprint density at radius 3 is 2.78 bits per heavy atom. The smallest absolute Gasteiger partial charge is 0.168 e. The van der Waals surface area contributed by atoms with Crippen molar-refractivity contribution in [2.75, 3.05) is 11.5 Å². The number of nitrogens with zero attached hydrogens (tertiary/aromatic N) is 6. The van der Waals surface area contributed by atoms with E-state index in [4.69, 9.17) is 10.5 Å². The number of fused-ring (bicyclic) bond motifs is 1. The molecule has 144 valence electrons. The molecule has 0 saturated carbocycles. The zero-order valence-corrected chi connectivity index (χ0v) is 15.2. The maximum Gasteiger partial charge on any atom is 0.168 e. The molecule has 3 aromatic rings. The molecule has 1 aliphatic heterocycles. The van der Waals surface area contributed by atoms with Crippen LogP contribution < -0.4 is 5.73 Å². The molecule has 12 heteroatoms. The van der Waals surface area contributed by atoms with E-state index in [9.17, 15) is 15.3 Å². The normalized spacial score (nSPS) is 25.5. The van der Waals surface area contributed by atoms with Gasteiger partial charge in [-0.1, -0.05) is 11.8 Å². The molecule has 3 aromatic heterocycles. The molecular formula is C15H19N7O4S. The standard InChI is InChI=1S/C15H19N7O4S/c1-21-7(3-23)2-17-15(21)27-4-8-10(24)11(25)14(26-8)22-6-20-9-12(16)18-5-19-13(9)22/h2,5-6,8,10-11,14,23-25H,3-4H2,1H3,(H2,16,18,19)/t8-,10-,11-,14-/m1/s1. The summed E-state index contributed by atoms with van der Waals surface area (Å²) in [6, 6.07) is 0. The highest BCUT2D eigenvalue weighted by Gasteiger charge is 2.44. The van der Waals surface area contributed by atoms with Gasteiger partial charge in [0.15, 0.2) is 22.8 Å². The summed E-state index contributed by atoms with van der Waals surface area (Å²) in [5.41, 5.74) is 7.30. The zero-order valence-electron chi connectivity index (χ0n) is 14.4. The van der Waals surface area contributed by atoms with Gasteiger partial charge in [0.1, 0.15) is 24.1 Å². The lowest BCUT2D eigenvalue weighted by atomic mass is 10.1. The number of aliphatic hydroxyl groups is 3. The van der Waals surface area contributed by atoms with Crippen LogP contribution in [-0.4, -0.2) is 68.5 Å². The molecule has 0 aliphatic carbocycles. The Balaban J connectivity index is 1.52. The Kier molecular flexibility index (Phi) is 4.74. The third-order valence-electron chi connectivity index (χ3n) is 4.58. The number of nitrogen functional groups attached to an aromatic ring is 1. The van der Waals surface area contributed by atoms with Crippen LogP contribution in [0.15, 0.2) is 24.0 Å². The van der Waals surface area contributed by atoms with Crippen molar-refractivity contribution in [3.8, 4) is 0 Å². The zero-order chi connectivity index (χ0) is 19.1. The van der Waals surface area contributed by atoms with Gasteiger partial charge in [-0.15, -0.1) is 0 Å². The number of hydrogen-bond donors (Lipinski definition) is 4. The molecule has 4 atom stereocenters. The number of ether oxygens (including phenoxy) is 1. The van der Waals surface area contributed by atoms with Crippen LogP contribution in [0.2, 0.25) is 0 Å². The molecule has 0 radical (unpaired) electrons. The first-order valence-electron chi connectivity index (χ1n) is 8.20. The van der Waals surface area contributed by atoms with Crippen molar-refractivity contribution in [3.05, 3.63) is 24.5 Å². The summed E-state index contributed by atoms with van der Waals surface area (Å²) in [6.45, 7) is -0.105. The molecule has 0 unspecified atom stereocenters. The minimum Gasteiger partial charge on any atom is -0.390 e. The number of rotatable bonds is 5. The van der Waals surface area contributed by atoms with Crippen molar-refractivity contribution in [1.82, 2.24) is 29.1 Å². The molecule has 27 heavy (non-hydrogen) atoms. The predicted octanol–water partition coefficient (Wildman–Crippen LogP) is -0.954. The molecule has 1 saturated heterocycles. The molecule has 11 nitrogen and oxygen atoms in total. The lowest BCUT2D eigenvalue weighted by molar-refractivity contribution is -0.0289. The monoisotopic (exact) mass is 393 g/mol. The van der Waals surface area contributed by atoms with Crippen LogP contribution >= 0.6 is 11.8 Å². The summed E-state index contributed by atoms with van der Waals surface area (Å²) in [5, 5.41) is 30.8. The van der Waals surface area contributed by atoms with Gasteiger partial charge >= 0.3 is 0 Å². The first-order valence-corrected chi connectivity index (χ1v) is 9.18. The Labute approximate surface area is 157 Å². The van der Waals surface area contributed by atoms with Crippen molar-refractivity contribution >= 4 is 28.7 Å². The SMILES string of the molecule is Cn1c(CO)cnc1SC[C@H]1O[C@@H](n2cnc3c(N)ncnc32)[C@H](O)[C@@H]1O. The average Bonchev–Trinajstić information content (AvgIpc) is 3.32. The molecule has 4 heterocycles. The fourth-order valence-corrected chi connectivity index (χ4v) is 4.04. The summed E-state index contributed by atoms with van der Waals surface area (Å²) < 4.78 is 9.19. The van der Waals surface area contributed by atoms with Crippen molar-refractivity contribution in [3.63, 3.8) is 0 Å². The molecule has 0 spiro atoms.